The zero-order valence-corrected chi connectivity index (χ0v) is 16.6. The van der Waals surface area contributed by atoms with Gasteiger partial charge >= 0.3 is 0 Å². The van der Waals surface area contributed by atoms with Crippen LogP contribution in [0, 0.1) is 35.3 Å². The molecule has 4 rings (SSSR count). The maximum atomic E-state index is 13.0. The molecule has 0 spiro atoms. The number of carbonyl (C=O) groups is 1. The Kier molecular flexibility index (Phi) is 4.79. The number of nitro groups is 1. The summed E-state index contributed by atoms with van der Waals surface area (Å²) in [5, 5.41) is 20.2. The Morgan fingerprint density at radius 2 is 1.97 bits per heavy atom. The van der Waals surface area contributed by atoms with Gasteiger partial charge in [0, 0.05) is 34.8 Å². The quantitative estimate of drug-likeness (QED) is 0.352. The maximum Gasteiger partial charge on any atom is 0.287 e. The van der Waals surface area contributed by atoms with Gasteiger partial charge in [-0.1, -0.05) is 0 Å². The van der Waals surface area contributed by atoms with Crippen LogP contribution in [0.3, 0.4) is 0 Å². The number of aryl methyl sites for hydroxylation is 1. The number of nitriles is 1. The van der Waals surface area contributed by atoms with Crippen molar-refractivity contribution in [2.45, 2.75) is 20.4 Å². The van der Waals surface area contributed by atoms with E-state index in [-0.39, 0.29) is 6.79 Å². The molecule has 0 fully saturated rings. The van der Waals surface area contributed by atoms with Gasteiger partial charge in [0.05, 0.1) is 17.7 Å². The van der Waals surface area contributed by atoms with E-state index in [4.69, 9.17) is 14.7 Å². The molecule has 1 aliphatic rings. The van der Waals surface area contributed by atoms with Crippen LogP contribution < -0.4 is 15.0 Å². The lowest BCUT2D eigenvalue weighted by Gasteiger charge is -2.11. The lowest BCUT2D eigenvalue weighted by Crippen LogP contribution is -2.26. The highest BCUT2D eigenvalue weighted by Gasteiger charge is 2.21. The van der Waals surface area contributed by atoms with Crippen LogP contribution >= 0.6 is 0 Å². The smallest absolute Gasteiger partial charge is 0.287 e. The van der Waals surface area contributed by atoms with E-state index in [9.17, 15) is 19.7 Å². The van der Waals surface area contributed by atoms with Gasteiger partial charge in [0.1, 0.15) is 11.6 Å². The Hall–Kier alpha value is -4.39. The van der Waals surface area contributed by atoms with Crippen molar-refractivity contribution in [2.24, 2.45) is 0 Å². The number of rotatable bonds is 5. The van der Waals surface area contributed by atoms with E-state index in [1.807, 2.05) is 17.6 Å². The van der Waals surface area contributed by atoms with E-state index in [1.54, 1.807) is 31.2 Å². The molecular weight excluding hydrogens is 404 g/mol. The number of nitrogens with zero attached hydrogens (tertiary/aromatic N) is 4. The van der Waals surface area contributed by atoms with Crippen LogP contribution in [0.1, 0.15) is 27.3 Å². The minimum Gasteiger partial charge on any atom is -0.454 e. The van der Waals surface area contributed by atoms with Crippen LogP contribution in [0.25, 0.3) is 5.69 Å². The fourth-order valence-electron chi connectivity index (χ4n) is 3.62. The summed E-state index contributed by atoms with van der Waals surface area (Å²) in [7, 11) is 0. The molecule has 0 saturated heterocycles. The molecule has 10 nitrogen and oxygen atoms in total. The summed E-state index contributed by atoms with van der Waals surface area (Å²) in [6.45, 7) is 3.32. The van der Waals surface area contributed by atoms with Gasteiger partial charge in [-0.25, -0.2) is 0 Å². The van der Waals surface area contributed by atoms with E-state index in [2.05, 4.69) is 0 Å². The van der Waals surface area contributed by atoms with Gasteiger partial charge in [-0.15, -0.1) is 0 Å². The van der Waals surface area contributed by atoms with Crippen LogP contribution in [0.4, 0.5) is 5.69 Å². The van der Waals surface area contributed by atoms with Gasteiger partial charge in [-0.05, 0) is 32.0 Å². The zero-order valence-electron chi connectivity index (χ0n) is 16.6. The molecule has 0 amide bonds. The minimum absolute atomic E-state index is 0.148. The number of hydrogen-bond acceptors (Lipinski definition) is 7. The third kappa shape index (κ3) is 3.42. The Labute approximate surface area is 175 Å². The molecule has 0 unspecified atom stereocenters. The molecule has 1 aliphatic heterocycles. The van der Waals surface area contributed by atoms with Crippen LogP contribution in [-0.2, 0) is 6.54 Å². The van der Waals surface area contributed by atoms with Crippen molar-refractivity contribution in [3.63, 3.8) is 0 Å². The number of aromatic nitrogens is 2. The van der Waals surface area contributed by atoms with Crippen molar-refractivity contribution in [3.8, 4) is 23.3 Å². The Balaban J connectivity index is 1.71. The molecule has 3 aromatic rings. The highest BCUT2D eigenvalue weighted by Crippen LogP contribution is 2.35. The number of fused-ring (bicyclic) bond motifs is 1. The van der Waals surface area contributed by atoms with E-state index in [0.717, 1.165) is 28.2 Å². The van der Waals surface area contributed by atoms with E-state index >= 15 is 0 Å². The second-order valence-corrected chi connectivity index (χ2v) is 6.99. The molecule has 0 atom stereocenters. The van der Waals surface area contributed by atoms with Gasteiger partial charge in [-0.2, -0.15) is 5.26 Å². The minimum atomic E-state index is -0.758. The fraction of sp³-hybridized carbons (Fsp3) is 0.190. The average molecular weight is 420 g/mol. The number of ketones is 1. The van der Waals surface area contributed by atoms with Gasteiger partial charge in [0.15, 0.2) is 17.3 Å². The standard InChI is InChI=1S/C21H16N4O6/c1-12-5-17(13(2)24(12)15-3-4-19-20(7-15)31-11-30-19)18(26)10-23-9-16(25(28)29)6-14(8-22)21(23)27/h3-7,9H,10-11H2,1-2H3. The van der Waals surface area contributed by atoms with Crippen molar-refractivity contribution < 1.29 is 19.2 Å². The van der Waals surface area contributed by atoms with Crippen molar-refractivity contribution in [1.29, 1.82) is 5.26 Å². The molecular formula is C21H16N4O6. The topological polar surface area (TPSA) is 129 Å². The first kappa shape index (κ1) is 19.9. The molecule has 0 radical (unpaired) electrons. The second-order valence-electron chi connectivity index (χ2n) is 6.99. The highest BCUT2D eigenvalue weighted by atomic mass is 16.7. The summed E-state index contributed by atoms with van der Waals surface area (Å²) < 4.78 is 13.5. The van der Waals surface area contributed by atoms with Crippen LogP contribution in [0.2, 0.25) is 0 Å². The summed E-state index contributed by atoms with van der Waals surface area (Å²) >= 11 is 0. The van der Waals surface area contributed by atoms with Crippen molar-refractivity contribution >= 4 is 11.5 Å². The van der Waals surface area contributed by atoms with Crippen molar-refractivity contribution in [1.82, 2.24) is 9.13 Å². The second kappa shape index (κ2) is 7.46. The first-order valence-corrected chi connectivity index (χ1v) is 9.21. The average Bonchev–Trinajstić information content (AvgIpc) is 3.32. The molecule has 2 aromatic heterocycles. The fourth-order valence-corrected chi connectivity index (χ4v) is 3.62. The molecule has 0 aliphatic carbocycles. The number of carbonyl (C=O) groups excluding carboxylic acids is 1. The monoisotopic (exact) mass is 420 g/mol. The zero-order chi connectivity index (χ0) is 22.3. The Morgan fingerprint density at radius 3 is 2.68 bits per heavy atom. The first-order valence-electron chi connectivity index (χ1n) is 9.21. The van der Waals surface area contributed by atoms with Gasteiger partial charge in [0.25, 0.3) is 11.2 Å². The van der Waals surface area contributed by atoms with Gasteiger partial charge < -0.3 is 14.0 Å². The molecule has 156 valence electrons. The molecule has 31 heavy (non-hydrogen) atoms. The summed E-state index contributed by atoms with van der Waals surface area (Å²) in [6, 6.07) is 9.65. The largest absolute Gasteiger partial charge is 0.454 e. The number of Topliss-reactive ketones (excluding diaryl/α,β-unsaturated/α-hetero) is 1. The number of hydrogen-bond donors (Lipinski definition) is 0. The predicted molar refractivity (Wildman–Crippen MR) is 108 cm³/mol. The molecule has 3 heterocycles. The van der Waals surface area contributed by atoms with Crippen LogP contribution in [-0.4, -0.2) is 26.6 Å². The molecule has 0 saturated carbocycles. The predicted octanol–water partition coefficient (Wildman–Crippen LogP) is 2.65. The normalized spacial score (nSPS) is 11.9. The summed E-state index contributed by atoms with van der Waals surface area (Å²) in [6.07, 6.45) is 0.970. The maximum absolute atomic E-state index is 13.0. The summed E-state index contributed by atoms with van der Waals surface area (Å²) in [5.74, 6) is 0.831. The first-order chi connectivity index (χ1) is 14.8. The number of ether oxygens (including phenoxy) is 2. The van der Waals surface area contributed by atoms with E-state index in [0.29, 0.717) is 22.8 Å². The SMILES string of the molecule is Cc1cc(C(=O)Cn2cc([N+](=O)[O-])cc(C#N)c2=O)c(C)n1-c1ccc2c(c1)OCO2. The molecule has 1 aromatic carbocycles. The molecule has 10 heteroatoms. The van der Waals surface area contributed by atoms with Crippen molar-refractivity contribution in [2.75, 3.05) is 6.79 Å². The third-order valence-electron chi connectivity index (χ3n) is 5.06. The molecule has 0 N–H and O–H groups in total. The lowest BCUT2D eigenvalue weighted by molar-refractivity contribution is -0.385. The lowest BCUT2D eigenvalue weighted by atomic mass is 10.1. The highest BCUT2D eigenvalue weighted by molar-refractivity contribution is 5.97. The van der Waals surface area contributed by atoms with E-state index in [1.165, 1.54) is 0 Å². The van der Waals surface area contributed by atoms with Gasteiger partial charge in [0.2, 0.25) is 6.79 Å². The molecule has 0 bridgehead atoms. The number of benzene rings is 1. The summed E-state index contributed by atoms with van der Waals surface area (Å²) in [5.41, 5.74) is 0.975. The van der Waals surface area contributed by atoms with Crippen LogP contribution in [0.5, 0.6) is 11.5 Å². The Morgan fingerprint density at radius 1 is 1.23 bits per heavy atom. The van der Waals surface area contributed by atoms with Crippen molar-refractivity contribution in [3.05, 3.63) is 79.5 Å². The number of pyridine rings is 1. The Bertz CT molecular complexity index is 1350. The van der Waals surface area contributed by atoms with E-state index < -0.39 is 34.1 Å². The van der Waals surface area contributed by atoms with Crippen LogP contribution in [0.15, 0.2) is 41.3 Å². The van der Waals surface area contributed by atoms with Gasteiger partial charge in [-0.3, -0.25) is 24.3 Å². The third-order valence-corrected chi connectivity index (χ3v) is 5.06. The summed E-state index contributed by atoms with van der Waals surface area (Å²) in [4.78, 5) is 35.7.